The highest BCUT2D eigenvalue weighted by atomic mass is 19.1. The lowest BCUT2D eigenvalue weighted by atomic mass is 10.1. The number of allylic oxidation sites excluding steroid dienone is 2. The zero-order valence-corrected chi connectivity index (χ0v) is 38.8. The molecule has 12 nitrogen and oxygen atoms in total. The summed E-state index contributed by atoms with van der Waals surface area (Å²) < 4.78 is 34.9. The quantitative estimate of drug-likeness (QED) is 0.0655. The molecule has 354 valence electrons. The SMILES string of the molecule is Cc1ccc(C(=O)NC(=NC2CCCC2)NC2=CC(c3ccc(O)cc3F)=NC2)cc1.Cc1ccc(C(=O)NC(=NC2CCCC2)NC2=CC(c3ccc(OCc4ccccc4)cc3F)=NC2)cc1. The van der Waals surface area contributed by atoms with Crippen molar-refractivity contribution < 1.29 is 28.2 Å². The Morgan fingerprint density at radius 3 is 1.55 bits per heavy atom. The number of benzene rings is 5. The smallest absolute Gasteiger partial charge is 0.257 e. The molecule has 2 saturated carbocycles. The molecule has 69 heavy (non-hydrogen) atoms. The standard InChI is InChI=1S/C31H31FN4O2.C24H25FN4O2/c1-21-11-13-23(14-12-21)30(37)36-31(34-24-9-5-6-10-24)35-25-17-29(33-19-25)27-16-15-26(18-28(27)32)38-20-22-7-3-2-4-8-22;1-15-6-8-16(9-7-15)23(31)29-24(27-17-4-2-3-5-17)28-18-12-22(26-14-18)20-11-10-19(30)13-21(20)25/h2-4,7-8,11-18,24H,5-6,9-10,19-20H2,1H3,(H2,34,35,36,37);6-13,17,30H,2-5,14H2,1H3,(H2,27,28,29,31). The van der Waals surface area contributed by atoms with Crippen molar-refractivity contribution >= 4 is 35.2 Å². The predicted molar refractivity (Wildman–Crippen MR) is 267 cm³/mol. The van der Waals surface area contributed by atoms with E-state index in [-0.39, 0.29) is 29.6 Å². The molecule has 0 atom stereocenters. The van der Waals surface area contributed by atoms with E-state index in [0.29, 0.717) is 76.7 Å². The summed E-state index contributed by atoms with van der Waals surface area (Å²) in [6.07, 6.45) is 12.0. The number of aliphatic imine (C=N–C) groups is 4. The molecular formula is C55H56F2N8O4. The molecule has 0 bridgehead atoms. The third-order valence-electron chi connectivity index (χ3n) is 12.1. The highest BCUT2D eigenvalue weighted by Gasteiger charge is 2.22. The topological polar surface area (TPSA) is 161 Å². The summed E-state index contributed by atoms with van der Waals surface area (Å²) in [5.41, 5.74) is 7.46. The van der Waals surface area contributed by atoms with Gasteiger partial charge in [0.05, 0.1) is 36.6 Å². The number of hydrogen-bond donors (Lipinski definition) is 5. The molecule has 2 amide bonds. The molecule has 4 aliphatic rings. The maximum absolute atomic E-state index is 15.0. The van der Waals surface area contributed by atoms with Crippen molar-refractivity contribution in [3.8, 4) is 11.5 Å². The number of nitrogens with one attached hydrogen (secondary N) is 4. The summed E-state index contributed by atoms with van der Waals surface area (Å²) in [7, 11) is 0. The van der Waals surface area contributed by atoms with Gasteiger partial charge in [-0.2, -0.15) is 0 Å². The lowest BCUT2D eigenvalue weighted by Crippen LogP contribution is -2.41. The van der Waals surface area contributed by atoms with E-state index in [1.54, 1.807) is 48.6 Å². The Bertz CT molecular complexity index is 2830. The molecule has 5 aromatic rings. The Balaban J connectivity index is 0.000000190. The number of halogens is 2. The first-order valence-electron chi connectivity index (χ1n) is 23.4. The molecule has 2 heterocycles. The fourth-order valence-corrected chi connectivity index (χ4v) is 8.27. The maximum atomic E-state index is 15.0. The molecule has 0 aromatic heterocycles. The molecule has 0 spiro atoms. The number of carbonyl (C=O) groups is 2. The van der Waals surface area contributed by atoms with Crippen LogP contribution in [0.15, 0.2) is 159 Å². The number of ether oxygens (including phenoxy) is 1. The first kappa shape index (κ1) is 47.7. The van der Waals surface area contributed by atoms with E-state index >= 15 is 0 Å². The second-order valence-electron chi connectivity index (χ2n) is 17.5. The van der Waals surface area contributed by atoms with Crippen LogP contribution in [0.5, 0.6) is 11.5 Å². The molecule has 0 saturated heterocycles. The van der Waals surface area contributed by atoms with Crippen molar-refractivity contribution in [2.75, 3.05) is 13.1 Å². The molecule has 5 aromatic carbocycles. The van der Waals surface area contributed by atoms with E-state index in [1.807, 2.05) is 68.4 Å². The molecule has 14 heteroatoms. The van der Waals surface area contributed by atoms with Crippen LogP contribution in [-0.4, -0.2) is 65.4 Å². The first-order chi connectivity index (χ1) is 33.5. The maximum Gasteiger partial charge on any atom is 0.257 e. The zero-order chi connectivity index (χ0) is 48.1. The summed E-state index contributed by atoms with van der Waals surface area (Å²) in [5, 5.41) is 21.6. The van der Waals surface area contributed by atoms with Crippen molar-refractivity contribution in [3.63, 3.8) is 0 Å². The summed E-state index contributed by atoms with van der Waals surface area (Å²) in [6.45, 7) is 4.97. The molecule has 9 rings (SSSR count). The fraction of sp³-hybridized carbons (Fsp3) is 0.273. The number of hydrogen-bond acceptors (Lipinski definition) is 8. The molecule has 2 aliphatic carbocycles. The summed E-state index contributed by atoms with van der Waals surface area (Å²) >= 11 is 0. The van der Waals surface area contributed by atoms with E-state index in [2.05, 4.69) is 31.3 Å². The largest absolute Gasteiger partial charge is 0.508 e. The van der Waals surface area contributed by atoms with Crippen LogP contribution >= 0.6 is 0 Å². The van der Waals surface area contributed by atoms with Gasteiger partial charge in [-0.25, -0.2) is 18.8 Å². The van der Waals surface area contributed by atoms with Gasteiger partial charge in [0.2, 0.25) is 11.9 Å². The molecule has 0 unspecified atom stereocenters. The number of rotatable bonds is 11. The zero-order valence-electron chi connectivity index (χ0n) is 38.8. The second-order valence-corrected chi connectivity index (χ2v) is 17.5. The van der Waals surface area contributed by atoms with E-state index < -0.39 is 11.6 Å². The minimum absolute atomic E-state index is 0.132. The van der Waals surface area contributed by atoms with Crippen molar-refractivity contribution in [2.24, 2.45) is 20.0 Å². The minimum Gasteiger partial charge on any atom is -0.508 e. The molecule has 2 fully saturated rings. The Morgan fingerprint density at radius 1 is 0.623 bits per heavy atom. The van der Waals surface area contributed by atoms with Crippen LogP contribution in [0, 0.1) is 25.5 Å². The van der Waals surface area contributed by atoms with Crippen LogP contribution in [-0.2, 0) is 6.61 Å². The van der Waals surface area contributed by atoms with Gasteiger partial charge in [-0.3, -0.25) is 30.2 Å². The number of guanidine groups is 2. The number of phenols is 1. The van der Waals surface area contributed by atoms with Gasteiger partial charge in [0.15, 0.2) is 0 Å². The van der Waals surface area contributed by atoms with Gasteiger partial charge in [0.25, 0.3) is 11.8 Å². The van der Waals surface area contributed by atoms with Gasteiger partial charge < -0.3 is 20.5 Å². The average Bonchev–Trinajstić information content (AvgIpc) is 4.21. The summed E-state index contributed by atoms with van der Waals surface area (Å²) in [6, 6.07) is 33.6. The van der Waals surface area contributed by atoms with Crippen LogP contribution in [0.2, 0.25) is 0 Å². The van der Waals surface area contributed by atoms with Gasteiger partial charge in [0.1, 0.15) is 29.7 Å². The fourth-order valence-electron chi connectivity index (χ4n) is 8.27. The average molecular weight is 931 g/mol. The van der Waals surface area contributed by atoms with Gasteiger partial charge >= 0.3 is 0 Å². The second kappa shape index (κ2) is 22.8. The number of aromatic hydroxyl groups is 1. The lowest BCUT2D eigenvalue weighted by Gasteiger charge is -2.14. The molecule has 2 aliphatic heterocycles. The highest BCUT2D eigenvalue weighted by molar-refractivity contribution is 6.13. The molecular weight excluding hydrogens is 875 g/mol. The van der Waals surface area contributed by atoms with Crippen molar-refractivity contribution in [2.45, 2.75) is 83.9 Å². The van der Waals surface area contributed by atoms with Gasteiger partial charge in [-0.1, -0.05) is 91.4 Å². The van der Waals surface area contributed by atoms with Gasteiger partial charge in [-0.05, 0) is 106 Å². The van der Waals surface area contributed by atoms with E-state index in [4.69, 9.17) is 14.7 Å². The first-order valence-corrected chi connectivity index (χ1v) is 23.4. The van der Waals surface area contributed by atoms with E-state index in [0.717, 1.165) is 79.8 Å². The lowest BCUT2D eigenvalue weighted by molar-refractivity contribution is 0.0967. The summed E-state index contributed by atoms with van der Waals surface area (Å²) in [5.74, 6) is -0.308. The van der Waals surface area contributed by atoms with Gasteiger partial charge in [0, 0.05) is 45.8 Å². The Hall–Kier alpha value is -7.74. The number of phenolic OH excluding ortho intramolecular Hbond substituents is 1. The van der Waals surface area contributed by atoms with E-state index in [9.17, 15) is 23.5 Å². The third-order valence-corrected chi connectivity index (χ3v) is 12.1. The third kappa shape index (κ3) is 13.5. The minimum atomic E-state index is -0.538. The predicted octanol–water partition coefficient (Wildman–Crippen LogP) is 9.56. The van der Waals surface area contributed by atoms with Crippen LogP contribution in [0.3, 0.4) is 0 Å². The van der Waals surface area contributed by atoms with Crippen molar-refractivity contribution in [3.05, 3.63) is 189 Å². The normalized spacial score (nSPS) is 16.2. The van der Waals surface area contributed by atoms with Crippen LogP contribution in [0.4, 0.5) is 8.78 Å². The molecule has 0 radical (unpaired) electrons. The number of aryl methyl sites for hydroxylation is 2. The Morgan fingerprint density at radius 2 is 1.09 bits per heavy atom. The highest BCUT2D eigenvalue weighted by Crippen LogP contribution is 2.24. The Labute approximate surface area is 401 Å². The number of nitrogens with zero attached hydrogens (tertiary/aromatic N) is 4. The van der Waals surface area contributed by atoms with Crippen LogP contribution in [0.25, 0.3) is 0 Å². The van der Waals surface area contributed by atoms with E-state index in [1.165, 1.54) is 18.2 Å². The van der Waals surface area contributed by atoms with Crippen molar-refractivity contribution in [1.29, 1.82) is 0 Å². The van der Waals surface area contributed by atoms with Crippen molar-refractivity contribution in [1.82, 2.24) is 21.3 Å². The summed E-state index contributed by atoms with van der Waals surface area (Å²) in [4.78, 5) is 44.0. The number of amides is 2. The Kier molecular flexibility index (Phi) is 15.8. The van der Waals surface area contributed by atoms with Gasteiger partial charge in [-0.15, -0.1) is 0 Å². The van der Waals surface area contributed by atoms with Crippen LogP contribution in [0.1, 0.15) is 99.9 Å². The van der Waals surface area contributed by atoms with Crippen LogP contribution < -0.4 is 26.0 Å². The molecule has 5 N–H and O–H groups in total. The monoisotopic (exact) mass is 930 g/mol. The number of carbonyl (C=O) groups excluding carboxylic acids is 2.